The first-order valence-corrected chi connectivity index (χ1v) is 8.61. The number of ether oxygens (including phenoxy) is 2. The second-order valence-electron chi connectivity index (χ2n) is 5.30. The Bertz CT molecular complexity index is 804. The van der Waals surface area contributed by atoms with Crippen LogP contribution in [0.2, 0.25) is 0 Å². The van der Waals surface area contributed by atoms with Crippen molar-refractivity contribution < 1.29 is 19.1 Å². The molecule has 0 radical (unpaired) electrons. The molecule has 136 valence electrons. The molecule has 0 aliphatic heterocycles. The Morgan fingerprint density at radius 2 is 1.92 bits per heavy atom. The summed E-state index contributed by atoms with van der Waals surface area (Å²) in [5, 5.41) is 2.76. The zero-order valence-electron chi connectivity index (χ0n) is 14.2. The number of nitrogens with two attached hydrogens (primary N) is 1. The highest BCUT2D eigenvalue weighted by Gasteiger charge is 2.03. The molecule has 0 heterocycles. The van der Waals surface area contributed by atoms with Crippen LogP contribution in [0.25, 0.3) is 6.08 Å². The molecule has 0 saturated heterocycles. The fourth-order valence-electron chi connectivity index (χ4n) is 2.09. The lowest BCUT2D eigenvalue weighted by atomic mass is 10.2. The summed E-state index contributed by atoms with van der Waals surface area (Å²) in [5.74, 6) is 0.588. The van der Waals surface area contributed by atoms with Gasteiger partial charge < -0.3 is 20.5 Å². The van der Waals surface area contributed by atoms with Gasteiger partial charge in [0.15, 0.2) is 0 Å². The first-order valence-electron chi connectivity index (χ1n) is 7.81. The minimum absolute atomic E-state index is 0.155. The van der Waals surface area contributed by atoms with E-state index in [1.807, 2.05) is 18.2 Å². The van der Waals surface area contributed by atoms with Crippen LogP contribution < -0.4 is 20.5 Å². The molecule has 0 fully saturated rings. The van der Waals surface area contributed by atoms with Crippen LogP contribution >= 0.6 is 15.9 Å². The van der Waals surface area contributed by atoms with E-state index in [4.69, 9.17) is 15.2 Å². The van der Waals surface area contributed by atoms with E-state index in [2.05, 4.69) is 21.2 Å². The number of methoxy groups -OCH3 is 1. The summed E-state index contributed by atoms with van der Waals surface area (Å²) in [6.45, 7) is 0.220. The molecule has 26 heavy (non-hydrogen) atoms. The number of benzene rings is 2. The van der Waals surface area contributed by atoms with E-state index in [1.54, 1.807) is 37.5 Å². The molecule has 2 amide bonds. The smallest absolute Gasteiger partial charge is 0.248 e. The number of nitrogens with one attached hydrogen (secondary N) is 1. The summed E-state index contributed by atoms with van der Waals surface area (Å²) >= 11 is 3.39. The average Bonchev–Trinajstić information content (AvgIpc) is 2.61. The van der Waals surface area contributed by atoms with Crippen molar-refractivity contribution in [3.8, 4) is 11.5 Å². The van der Waals surface area contributed by atoms with Crippen molar-refractivity contribution in [2.24, 2.45) is 5.73 Å². The third kappa shape index (κ3) is 6.25. The zero-order valence-corrected chi connectivity index (χ0v) is 15.8. The SMILES string of the molecule is COc1ccc(Br)cc1/C=C/C(=O)Nc1ccc(OCCC(N)=O)cc1. The van der Waals surface area contributed by atoms with Crippen molar-refractivity contribution in [2.45, 2.75) is 6.42 Å². The van der Waals surface area contributed by atoms with Gasteiger partial charge in [0.25, 0.3) is 0 Å². The summed E-state index contributed by atoms with van der Waals surface area (Å²) in [6.07, 6.45) is 3.27. The molecule has 6 nitrogen and oxygen atoms in total. The molecule has 2 aromatic carbocycles. The maximum atomic E-state index is 12.1. The van der Waals surface area contributed by atoms with Gasteiger partial charge in [-0.2, -0.15) is 0 Å². The van der Waals surface area contributed by atoms with Crippen LogP contribution in [-0.4, -0.2) is 25.5 Å². The number of hydrogen-bond donors (Lipinski definition) is 2. The van der Waals surface area contributed by atoms with Crippen LogP contribution in [0, 0.1) is 0 Å². The maximum Gasteiger partial charge on any atom is 0.248 e. The number of halogens is 1. The maximum absolute atomic E-state index is 12.1. The second kappa shape index (κ2) is 9.62. The highest BCUT2D eigenvalue weighted by molar-refractivity contribution is 9.10. The number of carbonyl (C=O) groups is 2. The van der Waals surface area contributed by atoms with Crippen LogP contribution in [0.5, 0.6) is 11.5 Å². The summed E-state index contributed by atoms with van der Waals surface area (Å²) in [6, 6.07) is 12.4. The zero-order chi connectivity index (χ0) is 18.9. The van der Waals surface area contributed by atoms with Gasteiger partial charge in [-0.15, -0.1) is 0 Å². The van der Waals surface area contributed by atoms with Gasteiger partial charge >= 0.3 is 0 Å². The van der Waals surface area contributed by atoms with Crippen molar-refractivity contribution in [1.29, 1.82) is 0 Å². The lowest BCUT2D eigenvalue weighted by molar-refractivity contribution is -0.118. The quantitative estimate of drug-likeness (QED) is 0.642. The van der Waals surface area contributed by atoms with Crippen molar-refractivity contribution >= 4 is 39.5 Å². The lowest BCUT2D eigenvalue weighted by Gasteiger charge is -2.07. The van der Waals surface area contributed by atoms with Crippen LogP contribution in [0.3, 0.4) is 0 Å². The molecule has 0 aliphatic carbocycles. The number of primary amides is 1. The van der Waals surface area contributed by atoms with E-state index >= 15 is 0 Å². The van der Waals surface area contributed by atoms with Gasteiger partial charge in [0.1, 0.15) is 11.5 Å². The minimum Gasteiger partial charge on any atom is -0.496 e. The summed E-state index contributed by atoms with van der Waals surface area (Å²) in [7, 11) is 1.58. The third-order valence-corrected chi connectivity index (χ3v) is 3.84. The van der Waals surface area contributed by atoms with Crippen molar-refractivity contribution in [3.63, 3.8) is 0 Å². The molecule has 0 aromatic heterocycles. The molecular formula is C19H19BrN2O4. The third-order valence-electron chi connectivity index (χ3n) is 3.35. The Balaban J connectivity index is 1.93. The predicted molar refractivity (Wildman–Crippen MR) is 104 cm³/mol. The molecule has 3 N–H and O–H groups in total. The summed E-state index contributed by atoms with van der Waals surface area (Å²) in [5.41, 5.74) is 6.46. The number of anilines is 1. The number of rotatable bonds is 8. The Kier molecular flexibility index (Phi) is 7.23. The van der Waals surface area contributed by atoms with E-state index in [0.717, 1.165) is 10.0 Å². The molecule has 2 rings (SSSR count). The molecular weight excluding hydrogens is 400 g/mol. The number of amides is 2. The normalized spacial score (nSPS) is 10.5. The van der Waals surface area contributed by atoms with Gasteiger partial charge in [0.2, 0.25) is 11.8 Å². The molecule has 0 bridgehead atoms. The Labute approximate surface area is 160 Å². The van der Waals surface area contributed by atoms with E-state index in [0.29, 0.717) is 17.2 Å². The average molecular weight is 419 g/mol. The second-order valence-corrected chi connectivity index (χ2v) is 6.21. The largest absolute Gasteiger partial charge is 0.496 e. The van der Waals surface area contributed by atoms with Crippen LogP contribution in [-0.2, 0) is 9.59 Å². The molecule has 0 saturated carbocycles. The van der Waals surface area contributed by atoms with Crippen LogP contribution in [0.15, 0.2) is 53.0 Å². The minimum atomic E-state index is -0.414. The van der Waals surface area contributed by atoms with Crippen LogP contribution in [0.1, 0.15) is 12.0 Å². The topological polar surface area (TPSA) is 90.7 Å². The Morgan fingerprint density at radius 3 is 2.58 bits per heavy atom. The van der Waals surface area contributed by atoms with Gasteiger partial charge in [-0.05, 0) is 48.5 Å². The molecule has 0 atom stereocenters. The predicted octanol–water partition coefficient (Wildman–Crippen LogP) is 3.36. The first-order chi connectivity index (χ1) is 12.5. The van der Waals surface area contributed by atoms with Crippen molar-refractivity contribution in [1.82, 2.24) is 0 Å². The summed E-state index contributed by atoms with van der Waals surface area (Å²) in [4.78, 5) is 22.7. The number of carbonyl (C=O) groups excluding carboxylic acids is 2. The van der Waals surface area contributed by atoms with E-state index in [9.17, 15) is 9.59 Å². The van der Waals surface area contributed by atoms with Crippen molar-refractivity contribution in [2.75, 3.05) is 19.0 Å². The van der Waals surface area contributed by atoms with E-state index in [1.165, 1.54) is 6.08 Å². The highest BCUT2D eigenvalue weighted by Crippen LogP contribution is 2.24. The van der Waals surface area contributed by atoms with Gasteiger partial charge in [-0.1, -0.05) is 15.9 Å². The lowest BCUT2D eigenvalue weighted by Crippen LogP contribution is -2.14. The van der Waals surface area contributed by atoms with Gasteiger partial charge in [-0.3, -0.25) is 9.59 Å². The van der Waals surface area contributed by atoms with E-state index < -0.39 is 5.91 Å². The van der Waals surface area contributed by atoms with E-state index in [-0.39, 0.29) is 18.9 Å². The molecule has 2 aromatic rings. The molecule has 7 heteroatoms. The summed E-state index contributed by atoms with van der Waals surface area (Å²) < 4.78 is 11.5. The Morgan fingerprint density at radius 1 is 1.19 bits per heavy atom. The molecule has 0 spiro atoms. The van der Waals surface area contributed by atoms with Crippen molar-refractivity contribution in [3.05, 3.63) is 58.6 Å². The molecule has 0 unspecified atom stereocenters. The standard InChI is InChI=1S/C19H19BrN2O4/c1-25-17-8-3-14(20)12-13(17)2-9-19(24)22-15-4-6-16(7-5-15)26-11-10-18(21)23/h2-9,12H,10-11H2,1H3,(H2,21,23)(H,22,24)/b9-2+. The Hall–Kier alpha value is -2.80. The fourth-order valence-corrected chi connectivity index (χ4v) is 2.47. The molecule has 0 aliphatic rings. The van der Waals surface area contributed by atoms with Gasteiger partial charge in [0, 0.05) is 21.8 Å². The first kappa shape index (κ1) is 19.5. The van der Waals surface area contributed by atoms with Gasteiger partial charge in [-0.25, -0.2) is 0 Å². The highest BCUT2D eigenvalue weighted by atomic mass is 79.9. The number of hydrogen-bond acceptors (Lipinski definition) is 4. The van der Waals surface area contributed by atoms with Gasteiger partial charge in [0.05, 0.1) is 20.1 Å². The fraction of sp³-hybridized carbons (Fsp3) is 0.158. The van der Waals surface area contributed by atoms with Crippen LogP contribution in [0.4, 0.5) is 5.69 Å². The monoisotopic (exact) mass is 418 g/mol.